The molecule has 0 aliphatic heterocycles. The molecule has 106 valence electrons. The number of carbonyl (C=O) groups excluding carboxylic acids is 1. The lowest BCUT2D eigenvalue weighted by molar-refractivity contribution is -0.170. The molecule has 0 saturated carbocycles. The van der Waals surface area contributed by atoms with Gasteiger partial charge in [-0.2, -0.15) is 18.2 Å². The quantitative estimate of drug-likeness (QED) is 0.871. The number of alkyl halides is 3. The Morgan fingerprint density at radius 1 is 1.25 bits per heavy atom. The lowest BCUT2D eigenvalue weighted by Gasteiger charge is -2.00. The van der Waals surface area contributed by atoms with Crippen molar-refractivity contribution in [2.75, 3.05) is 0 Å². The summed E-state index contributed by atoms with van der Waals surface area (Å²) in [5, 5.41) is 4.10. The second kappa shape index (κ2) is 5.62. The first-order valence-corrected chi connectivity index (χ1v) is 5.88. The minimum absolute atomic E-state index is 0.206. The third-order valence-corrected chi connectivity index (χ3v) is 2.67. The van der Waals surface area contributed by atoms with Gasteiger partial charge in [0.25, 0.3) is 0 Å². The first-order valence-electron chi connectivity index (χ1n) is 5.50. The number of nitrogens with zero attached hydrogens (tertiary/aromatic N) is 2. The number of Topliss-reactive ketones (excluding diaryl/α,β-unsaturated/α-hetero) is 1. The minimum Gasteiger partial charge on any atom is -0.339 e. The molecule has 0 saturated heterocycles. The summed E-state index contributed by atoms with van der Waals surface area (Å²) in [5.41, 5.74) is 0.823. The van der Waals surface area contributed by atoms with Crippen molar-refractivity contribution in [3.8, 4) is 0 Å². The second-order valence-electron chi connectivity index (χ2n) is 4.01. The maximum absolute atomic E-state index is 12.1. The molecule has 1 heterocycles. The van der Waals surface area contributed by atoms with Crippen LogP contribution in [-0.2, 0) is 17.6 Å². The van der Waals surface area contributed by atoms with Crippen LogP contribution < -0.4 is 0 Å². The molecule has 0 aliphatic rings. The van der Waals surface area contributed by atoms with E-state index in [1.54, 1.807) is 24.3 Å². The molecule has 1 aromatic carbocycles. The smallest absolute Gasteiger partial charge is 0.339 e. The Morgan fingerprint density at radius 3 is 2.50 bits per heavy atom. The number of benzene rings is 1. The SMILES string of the molecule is O=C(Cc1nc(Cc2ccc(Cl)cc2)no1)C(F)(F)F. The molecule has 20 heavy (non-hydrogen) atoms. The van der Waals surface area contributed by atoms with Gasteiger partial charge in [0.05, 0.1) is 6.42 Å². The standard InChI is InChI=1S/C12H8ClF3N2O2/c13-8-3-1-7(2-4-8)5-10-17-11(20-18-10)6-9(19)12(14,15)16/h1-4H,5-6H2. The molecule has 2 aromatic rings. The van der Waals surface area contributed by atoms with E-state index >= 15 is 0 Å². The Labute approximate surface area is 116 Å². The molecule has 1 aromatic heterocycles. The average Bonchev–Trinajstić information content (AvgIpc) is 2.78. The van der Waals surface area contributed by atoms with Gasteiger partial charge in [-0.1, -0.05) is 28.9 Å². The monoisotopic (exact) mass is 304 g/mol. The van der Waals surface area contributed by atoms with Gasteiger partial charge in [0, 0.05) is 11.4 Å². The van der Waals surface area contributed by atoms with Gasteiger partial charge < -0.3 is 4.52 Å². The van der Waals surface area contributed by atoms with Crippen molar-refractivity contribution in [3.05, 3.63) is 46.6 Å². The summed E-state index contributed by atoms with van der Waals surface area (Å²) in [4.78, 5) is 14.5. The van der Waals surface area contributed by atoms with E-state index in [2.05, 4.69) is 14.7 Å². The van der Waals surface area contributed by atoms with Gasteiger partial charge in [-0.15, -0.1) is 0 Å². The van der Waals surface area contributed by atoms with E-state index in [0.717, 1.165) is 5.56 Å². The number of halogens is 4. The summed E-state index contributed by atoms with van der Waals surface area (Å²) in [6.45, 7) is 0. The van der Waals surface area contributed by atoms with Gasteiger partial charge in [0.2, 0.25) is 11.7 Å². The fourth-order valence-electron chi connectivity index (χ4n) is 1.46. The number of ketones is 1. The van der Waals surface area contributed by atoms with Crippen molar-refractivity contribution in [1.29, 1.82) is 0 Å². The fraction of sp³-hybridized carbons (Fsp3) is 0.250. The van der Waals surface area contributed by atoms with Crippen LogP contribution in [0.5, 0.6) is 0 Å². The Balaban J connectivity index is 2.02. The van der Waals surface area contributed by atoms with Crippen molar-refractivity contribution in [2.45, 2.75) is 19.0 Å². The summed E-state index contributed by atoms with van der Waals surface area (Å²) < 4.78 is 40.8. The van der Waals surface area contributed by atoms with Gasteiger partial charge in [0.1, 0.15) is 0 Å². The van der Waals surface area contributed by atoms with Crippen LogP contribution >= 0.6 is 11.6 Å². The zero-order valence-corrected chi connectivity index (χ0v) is 10.7. The van der Waals surface area contributed by atoms with E-state index in [0.29, 0.717) is 5.02 Å². The van der Waals surface area contributed by atoms with Gasteiger partial charge in [0.15, 0.2) is 5.82 Å². The molecule has 0 aliphatic carbocycles. The highest BCUT2D eigenvalue weighted by Gasteiger charge is 2.39. The maximum atomic E-state index is 12.1. The topological polar surface area (TPSA) is 56.0 Å². The molecule has 0 fully saturated rings. The Bertz CT molecular complexity index is 608. The molecular formula is C12H8ClF3N2O2. The van der Waals surface area contributed by atoms with Gasteiger partial charge >= 0.3 is 6.18 Å². The van der Waals surface area contributed by atoms with Crippen LogP contribution in [0.2, 0.25) is 5.02 Å². The lowest BCUT2D eigenvalue weighted by Crippen LogP contribution is -2.24. The van der Waals surface area contributed by atoms with Crippen molar-refractivity contribution >= 4 is 17.4 Å². The highest BCUT2D eigenvalue weighted by atomic mass is 35.5. The van der Waals surface area contributed by atoms with Crippen LogP contribution in [0.4, 0.5) is 13.2 Å². The van der Waals surface area contributed by atoms with Crippen molar-refractivity contribution in [1.82, 2.24) is 10.1 Å². The van der Waals surface area contributed by atoms with Crippen molar-refractivity contribution < 1.29 is 22.5 Å². The molecule has 0 unspecified atom stereocenters. The van der Waals surface area contributed by atoms with Gasteiger partial charge in [-0.05, 0) is 17.7 Å². The van der Waals surface area contributed by atoms with Crippen LogP contribution in [0, 0.1) is 0 Å². The van der Waals surface area contributed by atoms with E-state index in [1.807, 2.05) is 0 Å². The highest BCUT2D eigenvalue weighted by molar-refractivity contribution is 6.30. The summed E-state index contributed by atoms with van der Waals surface area (Å²) in [6.07, 6.45) is -5.57. The van der Waals surface area contributed by atoms with Crippen LogP contribution in [0.25, 0.3) is 0 Å². The number of aromatic nitrogens is 2. The maximum Gasteiger partial charge on any atom is 0.450 e. The fourth-order valence-corrected chi connectivity index (χ4v) is 1.58. The van der Waals surface area contributed by atoms with E-state index in [4.69, 9.17) is 11.6 Å². The number of hydrogen-bond donors (Lipinski definition) is 0. The van der Waals surface area contributed by atoms with Gasteiger partial charge in [-0.3, -0.25) is 4.79 Å². The Kier molecular flexibility index (Phi) is 4.08. The summed E-state index contributed by atoms with van der Waals surface area (Å²) >= 11 is 5.72. The third-order valence-electron chi connectivity index (χ3n) is 2.41. The van der Waals surface area contributed by atoms with Crippen LogP contribution in [0.3, 0.4) is 0 Å². The number of carbonyl (C=O) groups is 1. The predicted molar refractivity (Wildman–Crippen MR) is 63.3 cm³/mol. The van der Waals surface area contributed by atoms with E-state index < -0.39 is 18.4 Å². The van der Waals surface area contributed by atoms with Crippen molar-refractivity contribution in [2.24, 2.45) is 0 Å². The molecule has 0 spiro atoms. The number of rotatable bonds is 4. The molecule has 2 rings (SSSR count). The Morgan fingerprint density at radius 2 is 1.90 bits per heavy atom. The molecule has 0 amide bonds. The first kappa shape index (κ1) is 14.5. The lowest BCUT2D eigenvalue weighted by atomic mass is 10.1. The van der Waals surface area contributed by atoms with Crippen molar-refractivity contribution in [3.63, 3.8) is 0 Å². The van der Waals surface area contributed by atoms with E-state index in [1.165, 1.54) is 0 Å². The summed E-state index contributed by atoms with van der Waals surface area (Å²) in [7, 11) is 0. The predicted octanol–water partition coefficient (Wildman–Crippen LogP) is 2.99. The second-order valence-corrected chi connectivity index (χ2v) is 4.44. The van der Waals surface area contributed by atoms with E-state index in [9.17, 15) is 18.0 Å². The summed E-state index contributed by atoms with van der Waals surface area (Å²) in [6, 6.07) is 6.81. The molecule has 0 radical (unpaired) electrons. The van der Waals surface area contributed by atoms with Crippen LogP contribution in [0.1, 0.15) is 17.3 Å². The van der Waals surface area contributed by atoms with Gasteiger partial charge in [-0.25, -0.2) is 0 Å². The summed E-state index contributed by atoms with van der Waals surface area (Å²) in [5.74, 6) is -2.06. The van der Waals surface area contributed by atoms with Crippen LogP contribution in [0.15, 0.2) is 28.8 Å². The zero-order chi connectivity index (χ0) is 14.8. The molecule has 8 heteroatoms. The molecule has 0 bridgehead atoms. The first-order chi connectivity index (χ1) is 9.34. The minimum atomic E-state index is -4.90. The zero-order valence-electron chi connectivity index (χ0n) is 9.95. The molecule has 0 N–H and O–H groups in total. The molecule has 0 atom stereocenters. The van der Waals surface area contributed by atoms with E-state index in [-0.39, 0.29) is 18.1 Å². The van der Waals surface area contributed by atoms with Crippen LogP contribution in [-0.4, -0.2) is 22.1 Å². The highest BCUT2D eigenvalue weighted by Crippen LogP contribution is 2.18. The average molecular weight is 305 g/mol. The number of hydrogen-bond acceptors (Lipinski definition) is 4. The molecule has 4 nitrogen and oxygen atoms in total. The normalized spacial score (nSPS) is 11.6. The molecular weight excluding hydrogens is 297 g/mol. The third kappa shape index (κ3) is 3.80. The Hall–Kier alpha value is -1.89. The largest absolute Gasteiger partial charge is 0.450 e.